The van der Waals surface area contributed by atoms with Crippen LogP contribution >= 0.6 is 0 Å². The average Bonchev–Trinajstić information content (AvgIpc) is 2.66. The minimum Gasteiger partial charge on any atom is -0.358 e. The van der Waals surface area contributed by atoms with Gasteiger partial charge in [-0.15, -0.1) is 0 Å². The van der Waals surface area contributed by atoms with Gasteiger partial charge in [0.2, 0.25) is 0 Å². The number of nitrogens with one attached hydrogen (secondary N) is 2. The Morgan fingerprint density at radius 3 is 2.67 bits per heavy atom. The Morgan fingerprint density at radius 2 is 2.08 bits per heavy atom. The van der Waals surface area contributed by atoms with Gasteiger partial charge in [-0.1, -0.05) is 0 Å². The number of urea groups is 1. The standard InChI is InChI=1S/C8H14N2O2/c11-8(9-6-3-4-6)10-7-2-1-5-12-7/h6-7H,1-5H2,(H2,9,10,11). The maximum atomic E-state index is 11.1. The number of rotatable bonds is 2. The van der Waals surface area contributed by atoms with Crippen LogP contribution in [0.3, 0.4) is 0 Å². The fraction of sp³-hybridized carbons (Fsp3) is 0.875. The van der Waals surface area contributed by atoms with Crippen LogP contribution in [0.4, 0.5) is 4.79 Å². The highest BCUT2D eigenvalue weighted by Gasteiger charge is 2.25. The van der Waals surface area contributed by atoms with Crippen LogP contribution in [-0.4, -0.2) is 24.9 Å². The van der Waals surface area contributed by atoms with Crippen LogP contribution in [-0.2, 0) is 4.74 Å². The van der Waals surface area contributed by atoms with Crippen LogP contribution in [0.25, 0.3) is 0 Å². The van der Waals surface area contributed by atoms with Crippen molar-refractivity contribution in [1.82, 2.24) is 10.6 Å². The second kappa shape index (κ2) is 3.31. The molecule has 2 aliphatic rings. The molecule has 2 amide bonds. The Morgan fingerprint density at radius 1 is 1.25 bits per heavy atom. The molecule has 12 heavy (non-hydrogen) atoms. The first-order valence-corrected chi connectivity index (χ1v) is 4.53. The molecule has 0 bridgehead atoms. The highest BCUT2D eigenvalue weighted by atomic mass is 16.5. The predicted molar refractivity (Wildman–Crippen MR) is 43.7 cm³/mol. The van der Waals surface area contributed by atoms with E-state index < -0.39 is 0 Å². The van der Waals surface area contributed by atoms with Crippen molar-refractivity contribution in [3.05, 3.63) is 0 Å². The normalized spacial score (nSPS) is 28.5. The van der Waals surface area contributed by atoms with Crippen LogP contribution < -0.4 is 10.6 Å². The summed E-state index contributed by atoms with van der Waals surface area (Å²) in [6.45, 7) is 0.772. The van der Waals surface area contributed by atoms with Gasteiger partial charge in [0.05, 0.1) is 0 Å². The minimum atomic E-state index is -0.0793. The fourth-order valence-corrected chi connectivity index (χ4v) is 1.29. The van der Waals surface area contributed by atoms with E-state index in [0.29, 0.717) is 6.04 Å². The molecule has 1 atom stereocenters. The minimum absolute atomic E-state index is 0.0521. The topological polar surface area (TPSA) is 50.4 Å². The third-order valence-corrected chi connectivity index (χ3v) is 2.13. The molecule has 2 rings (SSSR count). The van der Waals surface area contributed by atoms with Gasteiger partial charge in [-0.3, -0.25) is 0 Å². The molecule has 1 heterocycles. The van der Waals surface area contributed by atoms with E-state index in [1.807, 2.05) is 0 Å². The number of hydrogen-bond donors (Lipinski definition) is 2. The monoisotopic (exact) mass is 170 g/mol. The molecule has 68 valence electrons. The summed E-state index contributed by atoms with van der Waals surface area (Å²) in [5.41, 5.74) is 0. The van der Waals surface area contributed by atoms with Crippen molar-refractivity contribution >= 4 is 6.03 Å². The molecular formula is C8H14N2O2. The van der Waals surface area contributed by atoms with Gasteiger partial charge < -0.3 is 15.4 Å². The van der Waals surface area contributed by atoms with Crippen molar-refractivity contribution in [1.29, 1.82) is 0 Å². The Balaban J connectivity index is 1.66. The highest BCUT2D eigenvalue weighted by Crippen LogP contribution is 2.18. The lowest BCUT2D eigenvalue weighted by molar-refractivity contribution is 0.0907. The second-order valence-corrected chi connectivity index (χ2v) is 3.39. The molecular weight excluding hydrogens is 156 g/mol. The molecule has 0 aromatic heterocycles. The molecule has 1 aliphatic carbocycles. The molecule has 0 spiro atoms. The molecule has 1 unspecified atom stereocenters. The summed E-state index contributed by atoms with van der Waals surface area (Å²) in [6, 6.07) is 0.343. The van der Waals surface area contributed by atoms with E-state index in [4.69, 9.17) is 4.74 Å². The molecule has 1 aliphatic heterocycles. The number of carbonyl (C=O) groups excluding carboxylic acids is 1. The van der Waals surface area contributed by atoms with Gasteiger partial charge in [-0.2, -0.15) is 0 Å². The largest absolute Gasteiger partial charge is 0.358 e. The first-order valence-electron chi connectivity index (χ1n) is 4.53. The summed E-state index contributed by atoms with van der Waals surface area (Å²) in [5.74, 6) is 0. The van der Waals surface area contributed by atoms with Crippen LogP contribution in [0, 0.1) is 0 Å². The van der Waals surface area contributed by atoms with Crippen LogP contribution in [0.15, 0.2) is 0 Å². The summed E-state index contributed by atoms with van der Waals surface area (Å²) >= 11 is 0. The molecule has 0 aromatic carbocycles. The summed E-state index contributed by atoms with van der Waals surface area (Å²) in [7, 11) is 0. The smallest absolute Gasteiger partial charge is 0.317 e. The van der Waals surface area contributed by atoms with Crippen molar-refractivity contribution in [2.24, 2.45) is 0 Å². The SMILES string of the molecule is O=C(NC1CC1)NC1CCCO1. The second-order valence-electron chi connectivity index (χ2n) is 3.39. The molecule has 1 saturated heterocycles. The lowest BCUT2D eigenvalue weighted by Gasteiger charge is -2.11. The Hall–Kier alpha value is -0.770. The van der Waals surface area contributed by atoms with Crippen molar-refractivity contribution in [2.45, 2.75) is 38.0 Å². The molecule has 0 aromatic rings. The molecule has 1 saturated carbocycles. The molecule has 2 N–H and O–H groups in total. The van der Waals surface area contributed by atoms with Crippen LogP contribution in [0.5, 0.6) is 0 Å². The lowest BCUT2D eigenvalue weighted by atomic mass is 10.3. The number of ether oxygens (including phenoxy) is 1. The van der Waals surface area contributed by atoms with Crippen molar-refractivity contribution in [3.63, 3.8) is 0 Å². The van der Waals surface area contributed by atoms with Gasteiger partial charge in [0.15, 0.2) is 0 Å². The maximum Gasteiger partial charge on any atom is 0.317 e. The summed E-state index contributed by atoms with van der Waals surface area (Å²) in [4.78, 5) is 11.1. The number of amides is 2. The Labute approximate surface area is 71.7 Å². The van der Waals surface area contributed by atoms with Gasteiger partial charge in [0, 0.05) is 12.6 Å². The zero-order valence-electron chi connectivity index (χ0n) is 7.01. The highest BCUT2D eigenvalue weighted by molar-refractivity contribution is 5.74. The maximum absolute atomic E-state index is 11.1. The number of carbonyl (C=O) groups is 1. The average molecular weight is 170 g/mol. The van der Waals surface area contributed by atoms with Gasteiger partial charge in [-0.05, 0) is 25.7 Å². The third-order valence-electron chi connectivity index (χ3n) is 2.13. The van der Waals surface area contributed by atoms with E-state index in [1.165, 1.54) is 0 Å². The molecule has 4 nitrogen and oxygen atoms in total. The quantitative estimate of drug-likeness (QED) is 0.637. The lowest BCUT2D eigenvalue weighted by Crippen LogP contribution is -2.42. The Bertz CT molecular complexity index is 174. The van der Waals surface area contributed by atoms with Gasteiger partial charge in [-0.25, -0.2) is 4.79 Å². The molecule has 4 heteroatoms. The zero-order valence-corrected chi connectivity index (χ0v) is 7.01. The van der Waals surface area contributed by atoms with E-state index >= 15 is 0 Å². The predicted octanol–water partition coefficient (Wildman–Crippen LogP) is 0.584. The van der Waals surface area contributed by atoms with Crippen molar-refractivity contribution < 1.29 is 9.53 Å². The van der Waals surface area contributed by atoms with E-state index in [9.17, 15) is 4.79 Å². The van der Waals surface area contributed by atoms with Crippen LogP contribution in [0.1, 0.15) is 25.7 Å². The summed E-state index contributed by atoms with van der Waals surface area (Å²) in [6.07, 6.45) is 4.19. The van der Waals surface area contributed by atoms with E-state index in [1.54, 1.807) is 0 Å². The van der Waals surface area contributed by atoms with Gasteiger partial charge in [0.1, 0.15) is 6.23 Å². The first-order chi connectivity index (χ1) is 5.84. The summed E-state index contributed by atoms with van der Waals surface area (Å²) in [5, 5.41) is 5.63. The number of hydrogen-bond acceptors (Lipinski definition) is 2. The zero-order chi connectivity index (χ0) is 8.39. The third kappa shape index (κ3) is 2.11. The molecule has 0 radical (unpaired) electrons. The first kappa shape index (κ1) is 7.86. The van der Waals surface area contributed by atoms with Gasteiger partial charge in [0.25, 0.3) is 0 Å². The van der Waals surface area contributed by atoms with Gasteiger partial charge >= 0.3 is 6.03 Å². The fourth-order valence-electron chi connectivity index (χ4n) is 1.29. The molecule has 2 fully saturated rings. The van der Waals surface area contributed by atoms with Crippen molar-refractivity contribution in [2.75, 3.05) is 6.61 Å². The summed E-state index contributed by atoms with van der Waals surface area (Å²) < 4.78 is 5.25. The van der Waals surface area contributed by atoms with E-state index in [2.05, 4.69) is 10.6 Å². The van der Waals surface area contributed by atoms with E-state index in [0.717, 1.165) is 32.3 Å². The Kier molecular flexibility index (Phi) is 2.17. The van der Waals surface area contributed by atoms with Crippen molar-refractivity contribution in [3.8, 4) is 0 Å². The van der Waals surface area contributed by atoms with Crippen LogP contribution in [0.2, 0.25) is 0 Å². The van der Waals surface area contributed by atoms with E-state index in [-0.39, 0.29) is 12.3 Å².